The van der Waals surface area contributed by atoms with Gasteiger partial charge in [-0.15, -0.1) is 0 Å². The maximum absolute atomic E-state index is 10.9. The van der Waals surface area contributed by atoms with Crippen molar-refractivity contribution in [2.75, 3.05) is 11.0 Å². The summed E-state index contributed by atoms with van der Waals surface area (Å²) in [6, 6.07) is 1.51. The molecule has 1 N–H and O–H groups in total. The second kappa shape index (κ2) is 3.97. The van der Waals surface area contributed by atoms with E-state index in [0.29, 0.717) is 14.4 Å². The second-order valence-electron chi connectivity index (χ2n) is 2.37. The van der Waals surface area contributed by atoms with Crippen molar-refractivity contribution in [3.63, 3.8) is 0 Å². The first-order chi connectivity index (χ1) is 5.88. The fraction of sp³-hybridized carbons (Fsp3) is 0.167. The number of nitrogens with one attached hydrogen (secondary N) is 1. The first-order valence-corrected chi connectivity index (χ1v) is 6.52. The Morgan fingerprint density at radius 2 is 2.23 bits per heavy atom. The molecule has 0 saturated carbocycles. The molecule has 0 spiro atoms. The van der Waals surface area contributed by atoms with Gasteiger partial charge in [-0.25, -0.2) is 13.4 Å². The van der Waals surface area contributed by atoms with Crippen LogP contribution in [0.1, 0.15) is 0 Å². The summed E-state index contributed by atoms with van der Waals surface area (Å²) < 4.78 is 24.6. The smallest absolute Gasteiger partial charge is 0.229 e. The van der Waals surface area contributed by atoms with Gasteiger partial charge in [0.05, 0.1) is 17.0 Å². The van der Waals surface area contributed by atoms with E-state index in [1.165, 1.54) is 12.3 Å². The van der Waals surface area contributed by atoms with Crippen LogP contribution in [0.5, 0.6) is 0 Å². The summed E-state index contributed by atoms with van der Waals surface area (Å²) in [7, 11) is -3.27. The minimum Gasteiger partial charge on any atom is -0.281 e. The number of rotatable bonds is 2. The van der Waals surface area contributed by atoms with Crippen LogP contribution in [0.15, 0.2) is 12.3 Å². The predicted molar refractivity (Wildman–Crippen MR) is 60.4 cm³/mol. The van der Waals surface area contributed by atoms with Gasteiger partial charge in [-0.2, -0.15) is 0 Å². The summed E-state index contributed by atoms with van der Waals surface area (Å²) >= 11 is 7.57. The van der Waals surface area contributed by atoms with Crippen LogP contribution in [-0.2, 0) is 10.0 Å². The van der Waals surface area contributed by atoms with Gasteiger partial charge in [-0.3, -0.25) is 4.72 Å². The number of anilines is 1. The normalized spacial score (nSPS) is 11.3. The summed E-state index contributed by atoms with van der Waals surface area (Å²) in [5, 5.41) is 0.395. The number of nitrogens with zero attached hydrogens (tertiary/aromatic N) is 1. The van der Waals surface area contributed by atoms with Crippen molar-refractivity contribution in [2.45, 2.75) is 0 Å². The number of halogens is 2. The van der Waals surface area contributed by atoms with Crippen molar-refractivity contribution >= 4 is 49.9 Å². The first kappa shape index (κ1) is 11.0. The molecule has 72 valence electrons. The van der Waals surface area contributed by atoms with Gasteiger partial charge in [0.15, 0.2) is 0 Å². The van der Waals surface area contributed by atoms with Crippen molar-refractivity contribution in [1.82, 2.24) is 4.98 Å². The lowest BCUT2D eigenvalue weighted by Gasteiger charge is -2.05. The number of hydrogen-bond donors (Lipinski definition) is 1. The molecule has 13 heavy (non-hydrogen) atoms. The molecule has 0 fully saturated rings. The maximum Gasteiger partial charge on any atom is 0.229 e. The minimum atomic E-state index is -3.27. The van der Waals surface area contributed by atoms with Gasteiger partial charge < -0.3 is 0 Å². The summed E-state index contributed by atoms with van der Waals surface area (Å²) in [6.45, 7) is 0. The Balaban J connectivity index is 3.08. The maximum atomic E-state index is 10.9. The molecule has 1 rings (SSSR count). The molecule has 7 heteroatoms. The zero-order valence-electron chi connectivity index (χ0n) is 6.58. The Hall–Kier alpha value is -0.0800. The van der Waals surface area contributed by atoms with Gasteiger partial charge in [0.2, 0.25) is 10.0 Å². The fourth-order valence-corrected chi connectivity index (χ4v) is 2.02. The molecule has 4 nitrogen and oxygen atoms in total. The van der Waals surface area contributed by atoms with Crippen LogP contribution in [-0.4, -0.2) is 19.7 Å². The summed E-state index contributed by atoms with van der Waals surface area (Å²) in [6.07, 6.45) is 2.53. The van der Waals surface area contributed by atoms with Crippen LogP contribution < -0.4 is 4.72 Å². The lowest BCUT2D eigenvalue weighted by atomic mass is 10.4. The van der Waals surface area contributed by atoms with Gasteiger partial charge in [0.25, 0.3) is 0 Å². The lowest BCUT2D eigenvalue weighted by Crippen LogP contribution is -2.11. The van der Waals surface area contributed by atoms with Gasteiger partial charge in [0, 0.05) is 6.20 Å². The molecular formula is C6H6ClIN2O2S. The van der Waals surface area contributed by atoms with Crippen LogP contribution in [0.25, 0.3) is 0 Å². The lowest BCUT2D eigenvalue weighted by molar-refractivity contribution is 0.606. The van der Waals surface area contributed by atoms with E-state index in [4.69, 9.17) is 11.6 Å². The van der Waals surface area contributed by atoms with Crippen molar-refractivity contribution in [2.24, 2.45) is 0 Å². The fourth-order valence-electron chi connectivity index (χ4n) is 0.694. The summed E-state index contributed by atoms with van der Waals surface area (Å²) in [5.74, 6) is 0. The van der Waals surface area contributed by atoms with Crippen molar-refractivity contribution in [3.8, 4) is 0 Å². The Morgan fingerprint density at radius 3 is 2.77 bits per heavy atom. The van der Waals surface area contributed by atoms with Crippen LogP contribution in [0.4, 0.5) is 5.69 Å². The third kappa shape index (κ3) is 3.65. The van der Waals surface area contributed by atoms with E-state index in [-0.39, 0.29) is 0 Å². The molecule has 0 bridgehead atoms. The second-order valence-corrected chi connectivity index (χ2v) is 5.57. The van der Waals surface area contributed by atoms with Crippen molar-refractivity contribution < 1.29 is 8.42 Å². The Kier molecular flexibility index (Phi) is 3.36. The molecule has 1 aromatic rings. The Bertz CT molecular complexity index is 421. The monoisotopic (exact) mass is 332 g/mol. The molecule has 0 amide bonds. The van der Waals surface area contributed by atoms with Gasteiger partial charge in [0.1, 0.15) is 3.70 Å². The van der Waals surface area contributed by atoms with E-state index < -0.39 is 10.0 Å². The molecular weight excluding hydrogens is 327 g/mol. The van der Waals surface area contributed by atoms with E-state index in [2.05, 4.69) is 9.71 Å². The summed E-state index contributed by atoms with van der Waals surface area (Å²) in [5.41, 5.74) is 0.399. The zero-order valence-corrected chi connectivity index (χ0v) is 10.3. The molecule has 0 unspecified atom stereocenters. The van der Waals surface area contributed by atoms with Gasteiger partial charge in [-0.1, -0.05) is 11.6 Å². The molecule has 0 atom stereocenters. The highest BCUT2D eigenvalue weighted by Crippen LogP contribution is 2.20. The number of pyridine rings is 1. The highest BCUT2D eigenvalue weighted by molar-refractivity contribution is 14.1. The van der Waals surface area contributed by atoms with E-state index in [1.54, 1.807) is 0 Å². The largest absolute Gasteiger partial charge is 0.281 e. The van der Waals surface area contributed by atoms with Crippen LogP contribution in [0.3, 0.4) is 0 Å². The minimum absolute atomic E-state index is 0.395. The standard InChI is InChI=1S/C6H6ClIN2O2S/c1-13(11,12)10-5-2-4(7)3-9-6(5)8/h2-3,10H,1H3. The zero-order chi connectivity index (χ0) is 10.1. The average molecular weight is 333 g/mol. The van der Waals surface area contributed by atoms with Crippen molar-refractivity contribution in [3.05, 3.63) is 21.0 Å². The van der Waals surface area contributed by atoms with Crippen LogP contribution in [0.2, 0.25) is 5.02 Å². The number of aromatic nitrogens is 1. The van der Waals surface area contributed by atoms with Gasteiger partial charge >= 0.3 is 0 Å². The van der Waals surface area contributed by atoms with E-state index in [9.17, 15) is 8.42 Å². The summed E-state index contributed by atoms with van der Waals surface area (Å²) in [4.78, 5) is 3.89. The third-order valence-electron chi connectivity index (χ3n) is 1.10. The average Bonchev–Trinajstić information content (AvgIpc) is 1.94. The molecule has 0 aliphatic rings. The third-order valence-corrected chi connectivity index (χ3v) is 2.76. The van der Waals surface area contributed by atoms with E-state index in [1.807, 2.05) is 22.6 Å². The van der Waals surface area contributed by atoms with Crippen LogP contribution in [0, 0.1) is 3.70 Å². The Morgan fingerprint density at radius 1 is 1.62 bits per heavy atom. The molecule has 0 saturated heterocycles. The quantitative estimate of drug-likeness (QED) is 0.662. The predicted octanol–water partition coefficient (Wildman–Crippen LogP) is 1.71. The molecule has 0 aliphatic heterocycles. The number of hydrogen-bond acceptors (Lipinski definition) is 3. The molecule has 0 aliphatic carbocycles. The highest BCUT2D eigenvalue weighted by Gasteiger charge is 2.06. The van der Waals surface area contributed by atoms with Crippen LogP contribution >= 0.6 is 34.2 Å². The molecule has 0 aromatic carbocycles. The molecule has 1 aromatic heterocycles. The number of sulfonamides is 1. The molecule has 1 heterocycles. The Labute approximate surface area is 94.9 Å². The highest BCUT2D eigenvalue weighted by atomic mass is 127. The van der Waals surface area contributed by atoms with Crippen molar-refractivity contribution in [1.29, 1.82) is 0 Å². The SMILES string of the molecule is CS(=O)(=O)Nc1cc(Cl)cnc1I. The topological polar surface area (TPSA) is 59.1 Å². The first-order valence-electron chi connectivity index (χ1n) is 3.17. The van der Waals surface area contributed by atoms with E-state index in [0.717, 1.165) is 6.26 Å². The molecule has 0 radical (unpaired) electrons. The van der Waals surface area contributed by atoms with Gasteiger partial charge in [-0.05, 0) is 28.7 Å². The van der Waals surface area contributed by atoms with E-state index >= 15 is 0 Å².